The SMILES string of the molecule is CCCCCCCC/C=C\CCCCCCCCCCCC[C@@H](O)C(=O)N[C@@H](CO[C@@H]1O[C@H](CO)[C@@H](O)[C@H](O)[C@H]1O)[C@H](O)[C@H](O)CCCCCCCCCCCCCCC. The minimum Gasteiger partial charge on any atom is -0.394 e. The van der Waals surface area contributed by atoms with Gasteiger partial charge in [0.25, 0.3) is 0 Å². The van der Waals surface area contributed by atoms with Gasteiger partial charge in [-0.3, -0.25) is 4.79 Å². The molecule has 11 heteroatoms. The number of rotatable bonds is 42. The molecule has 0 bridgehead atoms. The van der Waals surface area contributed by atoms with Gasteiger partial charge in [0, 0.05) is 0 Å². The van der Waals surface area contributed by atoms with Crippen LogP contribution in [0.3, 0.4) is 0 Å². The second-order valence-corrected chi connectivity index (χ2v) is 17.9. The number of carbonyl (C=O) groups excluding carboxylic acids is 1. The number of hydrogen-bond acceptors (Lipinski definition) is 10. The lowest BCUT2D eigenvalue weighted by Crippen LogP contribution is -2.60. The van der Waals surface area contributed by atoms with Gasteiger partial charge in [0.1, 0.15) is 36.6 Å². The van der Waals surface area contributed by atoms with E-state index in [0.29, 0.717) is 19.3 Å². The van der Waals surface area contributed by atoms with Gasteiger partial charge in [-0.1, -0.05) is 199 Å². The number of hydrogen-bond donors (Lipinski definition) is 8. The molecule has 11 nitrogen and oxygen atoms in total. The smallest absolute Gasteiger partial charge is 0.249 e. The summed E-state index contributed by atoms with van der Waals surface area (Å²) in [5.41, 5.74) is 0. The van der Waals surface area contributed by atoms with E-state index in [4.69, 9.17) is 9.47 Å². The molecule has 356 valence electrons. The van der Waals surface area contributed by atoms with Crippen molar-refractivity contribution in [3.05, 3.63) is 12.2 Å². The highest BCUT2D eigenvalue weighted by atomic mass is 16.7. The Balaban J connectivity index is 2.38. The zero-order chi connectivity index (χ0) is 44.1. The molecule has 0 aromatic carbocycles. The van der Waals surface area contributed by atoms with Gasteiger partial charge in [0.2, 0.25) is 5.91 Å². The van der Waals surface area contributed by atoms with E-state index in [1.807, 2.05) is 0 Å². The summed E-state index contributed by atoms with van der Waals surface area (Å²) in [6.07, 6.45) is 31.1. The van der Waals surface area contributed by atoms with Crippen LogP contribution in [-0.4, -0.2) is 110 Å². The number of allylic oxidation sites excluding steroid dienone is 2. The largest absolute Gasteiger partial charge is 0.394 e. The summed E-state index contributed by atoms with van der Waals surface area (Å²) in [7, 11) is 0. The zero-order valence-corrected chi connectivity index (χ0v) is 38.5. The molecule has 1 aliphatic rings. The average Bonchev–Trinajstić information content (AvgIpc) is 3.25. The number of amides is 1. The van der Waals surface area contributed by atoms with Crippen LogP contribution in [0.2, 0.25) is 0 Å². The van der Waals surface area contributed by atoms with Crippen LogP contribution >= 0.6 is 0 Å². The summed E-state index contributed by atoms with van der Waals surface area (Å²) in [5.74, 6) is -0.696. The van der Waals surface area contributed by atoms with Crippen LogP contribution < -0.4 is 5.32 Å². The number of ether oxygens (including phenoxy) is 2. The molecule has 9 atom stereocenters. The lowest BCUT2D eigenvalue weighted by Gasteiger charge is -2.40. The molecule has 0 aliphatic carbocycles. The van der Waals surface area contributed by atoms with E-state index in [1.165, 1.54) is 148 Å². The summed E-state index contributed by atoms with van der Waals surface area (Å²) < 4.78 is 11.1. The number of aliphatic hydroxyl groups is 7. The number of aliphatic hydroxyl groups excluding tert-OH is 7. The summed E-state index contributed by atoms with van der Waals surface area (Å²) in [6.45, 7) is 3.45. The third-order valence-electron chi connectivity index (χ3n) is 12.3. The van der Waals surface area contributed by atoms with Crippen LogP contribution in [0.1, 0.15) is 226 Å². The fraction of sp³-hybridized carbons (Fsp3) is 0.939. The van der Waals surface area contributed by atoms with Gasteiger partial charge in [-0.15, -0.1) is 0 Å². The molecular weight excluding hydrogens is 763 g/mol. The molecular formula is C49H95NO10. The highest BCUT2D eigenvalue weighted by molar-refractivity contribution is 5.80. The lowest BCUT2D eigenvalue weighted by atomic mass is 9.98. The Morgan fingerprint density at radius 1 is 0.567 bits per heavy atom. The van der Waals surface area contributed by atoms with Crippen molar-refractivity contribution < 1.29 is 50.0 Å². The van der Waals surface area contributed by atoms with Crippen LogP contribution in [0.15, 0.2) is 12.2 Å². The topological polar surface area (TPSA) is 189 Å². The van der Waals surface area contributed by atoms with Gasteiger partial charge in [-0.05, 0) is 38.5 Å². The summed E-state index contributed by atoms with van der Waals surface area (Å²) >= 11 is 0. The standard InChI is InChI=1S/C49H95NO10/c1-3-5-7-9-11-13-15-17-18-19-20-21-22-23-25-27-29-31-33-35-37-42(53)48(58)50-40(39-59-49-47(57)46(56)45(55)43(38-51)60-49)44(54)41(52)36-34-32-30-28-26-24-16-14-12-10-8-6-4-2/h17-18,40-47,49,51-57H,3-16,19-39H2,1-2H3,(H,50,58)/b18-17-/t40-,41+,42+,43+,44-,45+,46-,47+,49+/m0/s1. The maximum atomic E-state index is 13.1. The minimum absolute atomic E-state index is 0.261. The molecule has 1 amide bonds. The Hall–Kier alpha value is -1.15. The third kappa shape index (κ3) is 28.5. The number of nitrogens with one attached hydrogen (secondary N) is 1. The molecule has 0 unspecified atom stereocenters. The summed E-state index contributed by atoms with van der Waals surface area (Å²) in [5, 5.41) is 75.8. The Morgan fingerprint density at radius 3 is 1.40 bits per heavy atom. The first-order chi connectivity index (χ1) is 29.2. The van der Waals surface area contributed by atoms with E-state index in [0.717, 1.165) is 38.5 Å². The van der Waals surface area contributed by atoms with E-state index in [1.54, 1.807) is 0 Å². The maximum absolute atomic E-state index is 13.1. The molecule has 0 spiro atoms. The van der Waals surface area contributed by atoms with Crippen LogP contribution in [0.5, 0.6) is 0 Å². The predicted molar refractivity (Wildman–Crippen MR) is 243 cm³/mol. The average molecular weight is 858 g/mol. The molecule has 1 rings (SSSR count). The molecule has 0 radical (unpaired) electrons. The molecule has 0 aromatic heterocycles. The number of carbonyl (C=O) groups is 1. The van der Waals surface area contributed by atoms with Crippen molar-refractivity contribution in [1.82, 2.24) is 5.32 Å². The predicted octanol–water partition coefficient (Wildman–Crippen LogP) is 8.84. The van der Waals surface area contributed by atoms with Crippen LogP contribution in [0.25, 0.3) is 0 Å². The van der Waals surface area contributed by atoms with E-state index in [2.05, 4.69) is 31.3 Å². The number of unbranched alkanes of at least 4 members (excludes halogenated alkanes) is 28. The van der Waals surface area contributed by atoms with E-state index < -0.39 is 74.2 Å². The molecule has 1 fully saturated rings. The first kappa shape index (κ1) is 56.9. The first-order valence-electron chi connectivity index (χ1n) is 25.1. The fourth-order valence-corrected chi connectivity index (χ4v) is 8.14. The Morgan fingerprint density at radius 2 is 0.967 bits per heavy atom. The fourth-order valence-electron chi connectivity index (χ4n) is 8.14. The lowest BCUT2D eigenvalue weighted by molar-refractivity contribution is -0.303. The van der Waals surface area contributed by atoms with Gasteiger partial charge in [0.05, 0.1) is 25.4 Å². The molecule has 1 aliphatic heterocycles. The van der Waals surface area contributed by atoms with Crippen molar-refractivity contribution in [3.8, 4) is 0 Å². The van der Waals surface area contributed by atoms with Crippen LogP contribution in [0.4, 0.5) is 0 Å². The Labute approximate surface area is 366 Å². The van der Waals surface area contributed by atoms with E-state index >= 15 is 0 Å². The summed E-state index contributed by atoms with van der Waals surface area (Å²) in [6, 6.07) is -1.16. The quantitative estimate of drug-likeness (QED) is 0.0218. The van der Waals surface area contributed by atoms with E-state index in [9.17, 15) is 40.5 Å². The van der Waals surface area contributed by atoms with Crippen molar-refractivity contribution in [1.29, 1.82) is 0 Å². The highest BCUT2D eigenvalue weighted by Crippen LogP contribution is 2.23. The van der Waals surface area contributed by atoms with Crippen molar-refractivity contribution in [2.45, 2.75) is 281 Å². The second-order valence-electron chi connectivity index (χ2n) is 17.9. The van der Waals surface area contributed by atoms with Crippen molar-refractivity contribution in [2.24, 2.45) is 0 Å². The molecule has 0 aromatic rings. The first-order valence-corrected chi connectivity index (χ1v) is 25.1. The molecule has 1 saturated heterocycles. The molecule has 0 saturated carbocycles. The van der Waals surface area contributed by atoms with Gasteiger partial charge >= 0.3 is 0 Å². The van der Waals surface area contributed by atoms with Crippen LogP contribution in [-0.2, 0) is 14.3 Å². The Bertz CT molecular complexity index is 986. The molecule has 1 heterocycles. The van der Waals surface area contributed by atoms with E-state index in [-0.39, 0.29) is 6.42 Å². The monoisotopic (exact) mass is 858 g/mol. The van der Waals surface area contributed by atoms with Crippen LogP contribution in [0, 0.1) is 0 Å². The second kappa shape index (κ2) is 39.4. The van der Waals surface area contributed by atoms with Crippen molar-refractivity contribution in [2.75, 3.05) is 13.2 Å². The van der Waals surface area contributed by atoms with Gasteiger partial charge in [-0.2, -0.15) is 0 Å². The third-order valence-corrected chi connectivity index (χ3v) is 12.3. The maximum Gasteiger partial charge on any atom is 0.249 e. The van der Waals surface area contributed by atoms with Crippen molar-refractivity contribution >= 4 is 5.91 Å². The summed E-state index contributed by atoms with van der Waals surface area (Å²) in [4.78, 5) is 13.1. The van der Waals surface area contributed by atoms with Crippen molar-refractivity contribution in [3.63, 3.8) is 0 Å². The molecule has 60 heavy (non-hydrogen) atoms. The van der Waals surface area contributed by atoms with Gasteiger partial charge < -0.3 is 50.5 Å². The zero-order valence-electron chi connectivity index (χ0n) is 38.5. The Kier molecular flexibility index (Phi) is 37.4. The van der Waals surface area contributed by atoms with Gasteiger partial charge in [-0.25, -0.2) is 0 Å². The highest BCUT2D eigenvalue weighted by Gasteiger charge is 2.44. The van der Waals surface area contributed by atoms with Gasteiger partial charge in [0.15, 0.2) is 6.29 Å². The minimum atomic E-state index is -1.66. The molecule has 8 N–H and O–H groups in total. The normalized spacial score (nSPS) is 21.6.